The van der Waals surface area contributed by atoms with Crippen molar-refractivity contribution in [2.45, 2.75) is 26.7 Å². The van der Waals surface area contributed by atoms with Crippen LogP contribution in [0.4, 0.5) is 5.69 Å². The van der Waals surface area contributed by atoms with Crippen molar-refractivity contribution in [2.75, 3.05) is 24.6 Å². The van der Waals surface area contributed by atoms with Crippen LogP contribution in [-0.2, 0) is 4.79 Å². The van der Waals surface area contributed by atoms with Crippen molar-refractivity contribution < 1.29 is 9.53 Å². The first-order valence-electron chi connectivity index (χ1n) is 9.17. The zero-order valence-corrected chi connectivity index (χ0v) is 16.6. The summed E-state index contributed by atoms with van der Waals surface area (Å²) in [5.41, 5.74) is 4.58. The molecule has 2 rings (SSSR count). The predicted octanol–water partition coefficient (Wildman–Crippen LogP) is 4.50. The van der Waals surface area contributed by atoms with Crippen LogP contribution in [0.5, 0.6) is 5.75 Å². The van der Waals surface area contributed by atoms with E-state index in [9.17, 15) is 4.79 Å². The molecule has 0 heterocycles. The number of carbonyl (C=O) groups is 1. The summed E-state index contributed by atoms with van der Waals surface area (Å²) in [5, 5.41) is 4.54. The highest BCUT2D eigenvalue weighted by atomic mass is 35.5. The van der Waals surface area contributed by atoms with Gasteiger partial charge in [0.05, 0.1) is 6.21 Å². The molecule has 0 saturated heterocycles. The summed E-state index contributed by atoms with van der Waals surface area (Å²) in [6, 6.07) is 15.0. The van der Waals surface area contributed by atoms with Gasteiger partial charge in [0.15, 0.2) is 6.61 Å². The maximum atomic E-state index is 11.8. The zero-order chi connectivity index (χ0) is 19.5. The fourth-order valence-electron chi connectivity index (χ4n) is 2.60. The summed E-state index contributed by atoms with van der Waals surface area (Å²) < 4.78 is 5.36. The Morgan fingerprint density at radius 1 is 1.15 bits per heavy atom. The van der Waals surface area contributed by atoms with Crippen LogP contribution in [-0.4, -0.2) is 31.8 Å². The summed E-state index contributed by atoms with van der Waals surface area (Å²) in [4.78, 5) is 14.2. The van der Waals surface area contributed by atoms with E-state index in [0.29, 0.717) is 10.8 Å². The van der Waals surface area contributed by atoms with E-state index < -0.39 is 0 Å². The number of nitrogens with zero attached hydrogens (tertiary/aromatic N) is 2. The number of carbonyl (C=O) groups excluding carboxylic acids is 1. The third-order valence-corrected chi connectivity index (χ3v) is 4.05. The van der Waals surface area contributed by atoms with E-state index in [0.717, 1.165) is 31.5 Å². The molecule has 0 saturated carbocycles. The molecule has 0 unspecified atom stereocenters. The molecule has 2 aromatic carbocycles. The molecule has 1 amide bonds. The summed E-state index contributed by atoms with van der Waals surface area (Å²) in [5.74, 6) is 0.209. The van der Waals surface area contributed by atoms with E-state index in [1.165, 1.54) is 5.69 Å². The van der Waals surface area contributed by atoms with Gasteiger partial charge < -0.3 is 9.64 Å². The van der Waals surface area contributed by atoms with Crippen LogP contribution in [0.3, 0.4) is 0 Å². The third-order valence-electron chi connectivity index (χ3n) is 3.81. The van der Waals surface area contributed by atoms with Gasteiger partial charge in [-0.1, -0.05) is 43.6 Å². The van der Waals surface area contributed by atoms with E-state index in [1.54, 1.807) is 30.5 Å². The lowest BCUT2D eigenvalue weighted by Crippen LogP contribution is -2.25. The van der Waals surface area contributed by atoms with Crippen LogP contribution in [0.2, 0.25) is 5.02 Å². The summed E-state index contributed by atoms with van der Waals surface area (Å²) in [7, 11) is 0. The Morgan fingerprint density at radius 2 is 1.85 bits per heavy atom. The predicted molar refractivity (Wildman–Crippen MR) is 112 cm³/mol. The number of hydrogen-bond donors (Lipinski definition) is 1. The molecule has 0 spiro atoms. The number of anilines is 1. The van der Waals surface area contributed by atoms with Crippen LogP contribution in [0, 0.1) is 0 Å². The molecule has 0 aliphatic heterocycles. The largest absolute Gasteiger partial charge is 0.484 e. The average Bonchev–Trinajstić information content (AvgIpc) is 2.67. The van der Waals surface area contributed by atoms with E-state index in [2.05, 4.69) is 41.4 Å². The SMILES string of the molecule is CCCN(CCC)c1ccc(C=NNC(=O)COc2cccc(Cl)c2)cc1. The molecule has 2 aromatic rings. The smallest absolute Gasteiger partial charge is 0.277 e. The Balaban J connectivity index is 1.82. The van der Waals surface area contributed by atoms with Crippen molar-refractivity contribution in [1.29, 1.82) is 0 Å². The second-order valence-electron chi connectivity index (χ2n) is 6.12. The number of rotatable bonds is 10. The van der Waals surface area contributed by atoms with Gasteiger partial charge in [-0.25, -0.2) is 5.43 Å². The fraction of sp³-hybridized carbons (Fsp3) is 0.333. The van der Waals surface area contributed by atoms with Gasteiger partial charge >= 0.3 is 0 Å². The van der Waals surface area contributed by atoms with Gasteiger partial charge in [-0.2, -0.15) is 5.10 Å². The van der Waals surface area contributed by atoms with E-state index >= 15 is 0 Å². The monoisotopic (exact) mass is 387 g/mol. The highest BCUT2D eigenvalue weighted by molar-refractivity contribution is 6.30. The lowest BCUT2D eigenvalue weighted by Gasteiger charge is -2.23. The van der Waals surface area contributed by atoms with Crippen LogP contribution in [0.25, 0.3) is 0 Å². The topological polar surface area (TPSA) is 53.9 Å². The molecular weight excluding hydrogens is 362 g/mol. The normalized spacial score (nSPS) is 10.8. The molecule has 0 aliphatic rings. The Kier molecular flexibility index (Phi) is 8.65. The maximum absolute atomic E-state index is 11.8. The average molecular weight is 388 g/mol. The van der Waals surface area contributed by atoms with Gasteiger partial charge in [-0.15, -0.1) is 0 Å². The summed E-state index contributed by atoms with van der Waals surface area (Å²) >= 11 is 5.87. The quantitative estimate of drug-likeness (QED) is 0.482. The zero-order valence-electron chi connectivity index (χ0n) is 15.8. The molecule has 0 fully saturated rings. The molecule has 0 aromatic heterocycles. The van der Waals surface area contributed by atoms with Crippen molar-refractivity contribution in [1.82, 2.24) is 5.43 Å². The Morgan fingerprint density at radius 3 is 2.48 bits per heavy atom. The highest BCUT2D eigenvalue weighted by Crippen LogP contribution is 2.17. The molecule has 0 atom stereocenters. The summed E-state index contributed by atoms with van der Waals surface area (Å²) in [6.45, 7) is 6.33. The van der Waals surface area contributed by atoms with Gasteiger partial charge in [-0.3, -0.25) is 4.79 Å². The maximum Gasteiger partial charge on any atom is 0.277 e. The second-order valence-corrected chi connectivity index (χ2v) is 6.55. The molecule has 27 heavy (non-hydrogen) atoms. The first-order chi connectivity index (χ1) is 13.1. The highest BCUT2D eigenvalue weighted by Gasteiger charge is 2.04. The number of nitrogens with one attached hydrogen (secondary N) is 1. The van der Waals surface area contributed by atoms with Gasteiger partial charge in [0.2, 0.25) is 0 Å². The minimum atomic E-state index is -0.333. The van der Waals surface area contributed by atoms with Crippen LogP contribution >= 0.6 is 11.6 Å². The van der Waals surface area contributed by atoms with E-state index in [1.807, 2.05) is 12.1 Å². The fourth-order valence-corrected chi connectivity index (χ4v) is 2.78. The number of hydrogen-bond acceptors (Lipinski definition) is 4. The van der Waals surface area contributed by atoms with Crippen molar-refractivity contribution in [2.24, 2.45) is 5.10 Å². The lowest BCUT2D eigenvalue weighted by molar-refractivity contribution is -0.123. The van der Waals surface area contributed by atoms with Gasteiger partial charge in [0.1, 0.15) is 5.75 Å². The number of amides is 1. The van der Waals surface area contributed by atoms with Crippen molar-refractivity contribution in [3.63, 3.8) is 0 Å². The molecule has 0 bridgehead atoms. The third kappa shape index (κ3) is 7.31. The Hall–Kier alpha value is -2.53. The van der Waals surface area contributed by atoms with Crippen LogP contribution in [0.1, 0.15) is 32.3 Å². The number of ether oxygens (including phenoxy) is 1. The molecule has 5 nitrogen and oxygen atoms in total. The number of halogens is 1. The molecule has 1 N–H and O–H groups in total. The molecule has 144 valence electrons. The van der Waals surface area contributed by atoms with Crippen LogP contribution in [0.15, 0.2) is 53.6 Å². The first-order valence-corrected chi connectivity index (χ1v) is 9.55. The van der Waals surface area contributed by atoms with Gasteiger partial charge in [0, 0.05) is 23.8 Å². The summed E-state index contributed by atoms with van der Waals surface area (Å²) in [6.07, 6.45) is 3.85. The standard InChI is InChI=1S/C21H26ClN3O2/c1-3-12-25(13-4-2)19-10-8-17(9-11-19)15-23-24-21(26)16-27-20-7-5-6-18(22)14-20/h5-11,14-15H,3-4,12-13,16H2,1-2H3,(H,24,26). The number of hydrazone groups is 1. The van der Waals surface area contributed by atoms with E-state index in [4.69, 9.17) is 16.3 Å². The van der Waals surface area contributed by atoms with Gasteiger partial charge in [0.25, 0.3) is 5.91 Å². The van der Waals surface area contributed by atoms with Crippen molar-refractivity contribution in [3.05, 3.63) is 59.1 Å². The first kappa shape index (κ1) is 20.8. The van der Waals surface area contributed by atoms with Crippen molar-refractivity contribution in [3.8, 4) is 5.75 Å². The molecule has 0 aliphatic carbocycles. The van der Waals surface area contributed by atoms with Gasteiger partial charge in [-0.05, 0) is 48.7 Å². The second kappa shape index (κ2) is 11.2. The molecule has 6 heteroatoms. The number of benzene rings is 2. The molecule has 0 radical (unpaired) electrons. The van der Waals surface area contributed by atoms with Crippen LogP contribution < -0.4 is 15.1 Å². The van der Waals surface area contributed by atoms with E-state index in [-0.39, 0.29) is 12.5 Å². The Labute approximate surface area is 166 Å². The minimum Gasteiger partial charge on any atom is -0.484 e. The minimum absolute atomic E-state index is 0.125. The van der Waals surface area contributed by atoms with Crippen molar-refractivity contribution >= 4 is 29.4 Å². The molecular formula is C21H26ClN3O2. The lowest BCUT2D eigenvalue weighted by atomic mass is 10.2. The Bertz CT molecular complexity index is 741.